The summed E-state index contributed by atoms with van der Waals surface area (Å²) in [7, 11) is 0. The average molecular weight is 367 g/mol. The Labute approximate surface area is 159 Å². The van der Waals surface area contributed by atoms with Gasteiger partial charge in [-0.1, -0.05) is 49.0 Å². The van der Waals surface area contributed by atoms with E-state index in [1.165, 1.54) is 6.08 Å². The van der Waals surface area contributed by atoms with Crippen LogP contribution in [0.4, 0.5) is 0 Å². The summed E-state index contributed by atoms with van der Waals surface area (Å²) in [5, 5.41) is 22.5. The molecule has 0 bridgehead atoms. The van der Waals surface area contributed by atoms with Crippen LogP contribution in [-0.2, 0) is 4.79 Å². The van der Waals surface area contributed by atoms with Gasteiger partial charge < -0.3 is 20.3 Å². The van der Waals surface area contributed by atoms with E-state index in [1.54, 1.807) is 37.3 Å². The van der Waals surface area contributed by atoms with Crippen LogP contribution in [-0.4, -0.2) is 35.4 Å². The largest absolute Gasteiger partial charge is 0.491 e. The Morgan fingerprint density at radius 1 is 1.15 bits per heavy atom. The molecular formula is C22H25NO4. The van der Waals surface area contributed by atoms with Gasteiger partial charge in [0.05, 0.1) is 6.10 Å². The molecule has 2 rings (SSSR count). The molecule has 2 atom stereocenters. The molecule has 0 aliphatic rings. The first-order valence-corrected chi connectivity index (χ1v) is 8.71. The van der Waals surface area contributed by atoms with E-state index in [2.05, 4.69) is 11.9 Å². The summed E-state index contributed by atoms with van der Waals surface area (Å²) in [5.41, 5.74) is 2.23. The van der Waals surface area contributed by atoms with Crippen molar-refractivity contribution in [1.29, 1.82) is 0 Å². The molecule has 0 aliphatic heterocycles. The molecule has 0 fully saturated rings. The van der Waals surface area contributed by atoms with Gasteiger partial charge in [-0.3, -0.25) is 4.79 Å². The summed E-state index contributed by atoms with van der Waals surface area (Å²) < 4.78 is 5.46. The molecule has 1 amide bonds. The lowest BCUT2D eigenvalue weighted by atomic mass is 10.1. The number of ether oxygens (including phenoxy) is 1. The van der Waals surface area contributed by atoms with Gasteiger partial charge >= 0.3 is 0 Å². The third-order valence-corrected chi connectivity index (χ3v) is 3.94. The third kappa shape index (κ3) is 7.09. The van der Waals surface area contributed by atoms with Gasteiger partial charge in [0.2, 0.25) is 5.91 Å². The van der Waals surface area contributed by atoms with Gasteiger partial charge in [0, 0.05) is 12.6 Å². The van der Waals surface area contributed by atoms with Crippen LogP contribution in [0.2, 0.25) is 0 Å². The van der Waals surface area contributed by atoms with Crippen LogP contribution in [0, 0.1) is 0 Å². The third-order valence-electron chi connectivity index (χ3n) is 3.94. The molecule has 3 N–H and O–H groups in total. The van der Waals surface area contributed by atoms with E-state index < -0.39 is 12.2 Å². The Balaban J connectivity index is 1.80. The van der Waals surface area contributed by atoms with Crippen molar-refractivity contribution in [2.75, 3.05) is 13.2 Å². The molecule has 0 aromatic heterocycles. The Bertz CT molecular complexity index is 769. The predicted molar refractivity (Wildman–Crippen MR) is 106 cm³/mol. The second kappa shape index (κ2) is 10.3. The van der Waals surface area contributed by atoms with Gasteiger partial charge in [0.1, 0.15) is 18.5 Å². The van der Waals surface area contributed by atoms with E-state index in [0.717, 1.165) is 5.56 Å². The lowest BCUT2D eigenvalue weighted by Crippen LogP contribution is -2.26. The van der Waals surface area contributed by atoms with E-state index in [4.69, 9.17) is 4.74 Å². The monoisotopic (exact) mass is 367 g/mol. The Morgan fingerprint density at radius 3 is 2.44 bits per heavy atom. The van der Waals surface area contributed by atoms with Gasteiger partial charge in [0.25, 0.3) is 0 Å². The summed E-state index contributed by atoms with van der Waals surface area (Å²) in [6, 6.07) is 16.4. The lowest BCUT2D eigenvalue weighted by molar-refractivity contribution is -0.116. The maximum atomic E-state index is 11.9. The van der Waals surface area contributed by atoms with Crippen molar-refractivity contribution in [3.8, 4) is 5.75 Å². The number of aliphatic hydroxyl groups excluding tert-OH is 2. The van der Waals surface area contributed by atoms with E-state index in [9.17, 15) is 15.0 Å². The highest BCUT2D eigenvalue weighted by Crippen LogP contribution is 2.18. The minimum atomic E-state index is -0.825. The van der Waals surface area contributed by atoms with E-state index >= 15 is 0 Å². The topological polar surface area (TPSA) is 78.8 Å². The summed E-state index contributed by atoms with van der Waals surface area (Å²) in [5.74, 6) is 0.313. The number of rotatable bonds is 9. The molecule has 0 saturated carbocycles. The fourth-order valence-electron chi connectivity index (χ4n) is 2.21. The lowest BCUT2D eigenvalue weighted by Gasteiger charge is -2.14. The first-order chi connectivity index (χ1) is 13.0. The van der Waals surface area contributed by atoms with Gasteiger partial charge in [-0.25, -0.2) is 0 Å². The molecule has 27 heavy (non-hydrogen) atoms. The van der Waals surface area contributed by atoms with Crippen LogP contribution in [0.1, 0.15) is 24.2 Å². The van der Waals surface area contributed by atoms with Gasteiger partial charge in [0.15, 0.2) is 0 Å². The van der Waals surface area contributed by atoms with Crippen LogP contribution >= 0.6 is 0 Å². The summed E-state index contributed by atoms with van der Waals surface area (Å²) >= 11 is 0. The fourth-order valence-corrected chi connectivity index (χ4v) is 2.21. The molecule has 5 heteroatoms. The molecule has 0 heterocycles. The number of benzene rings is 2. The number of hydrogen-bond donors (Lipinski definition) is 3. The standard InChI is InChI=1S/C22H25NO4/c1-16(2)21(25)15-27-19-11-9-18(10-12-19)20(24)14-23-22(26)13-8-17-6-4-3-5-7-17/h3-13,20-21,24-25H,1,14-15H2,2H3,(H,23,26)/t20-,21+/m0/s1. The van der Waals surface area contributed by atoms with Crippen molar-refractivity contribution < 1.29 is 19.7 Å². The number of aliphatic hydroxyl groups is 2. The number of carbonyl (C=O) groups is 1. The first kappa shape index (κ1) is 20.4. The molecule has 2 aromatic carbocycles. The normalized spacial score (nSPS) is 13.1. The second-order valence-corrected chi connectivity index (χ2v) is 6.25. The zero-order chi connectivity index (χ0) is 19.6. The van der Waals surface area contributed by atoms with Gasteiger partial charge in [-0.05, 0) is 41.8 Å². The second-order valence-electron chi connectivity index (χ2n) is 6.25. The zero-order valence-electron chi connectivity index (χ0n) is 15.3. The maximum Gasteiger partial charge on any atom is 0.244 e. The Kier molecular flexibility index (Phi) is 7.79. The Hall–Kier alpha value is -2.89. The van der Waals surface area contributed by atoms with Crippen molar-refractivity contribution >= 4 is 12.0 Å². The van der Waals surface area contributed by atoms with Crippen LogP contribution in [0.5, 0.6) is 5.75 Å². The minimum Gasteiger partial charge on any atom is -0.491 e. The van der Waals surface area contributed by atoms with E-state index in [-0.39, 0.29) is 19.1 Å². The van der Waals surface area contributed by atoms with Crippen molar-refractivity contribution in [3.05, 3.63) is 84.0 Å². The number of hydrogen-bond acceptors (Lipinski definition) is 4. The fraction of sp³-hybridized carbons (Fsp3) is 0.227. The van der Waals surface area contributed by atoms with Crippen molar-refractivity contribution in [2.24, 2.45) is 0 Å². The zero-order valence-corrected chi connectivity index (χ0v) is 15.3. The minimum absolute atomic E-state index is 0.104. The molecule has 0 aliphatic carbocycles. The highest BCUT2D eigenvalue weighted by molar-refractivity contribution is 5.91. The average Bonchev–Trinajstić information content (AvgIpc) is 2.69. The summed E-state index contributed by atoms with van der Waals surface area (Å²) in [4.78, 5) is 11.9. The maximum absolute atomic E-state index is 11.9. The van der Waals surface area contributed by atoms with Crippen LogP contribution in [0.3, 0.4) is 0 Å². The smallest absolute Gasteiger partial charge is 0.244 e. The predicted octanol–water partition coefficient (Wildman–Crippen LogP) is 2.87. The van der Waals surface area contributed by atoms with E-state index in [1.807, 2.05) is 30.3 Å². The van der Waals surface area contributed by atoms with Gasteiger partial charge in [-0.15, -0.1) is 0 Å². The molecule has 2 aromatic rings. The van der Waals surface area contributed by atoms with Crippen molar-refractivity contribution in [3.63, 3.8) is 0 Å². The summed E-state index contributed by atoms with van der Waals surface area (Å²) in [6.45, 7) is 5.63. The highest BCUT2D eigenvalue weighted by Gasteiger charge is 2.10. The van der Waals surface area contributed by atoms with Crippen LogP contribution in [0.25, 0.3) is 6.08 Å². The van der Waals surface area contributed by atoms with Crippen molar-refractivity contribution in [1.82, 2.24) is 5.32 Å². The number of nitrogens with one attached hydrogen (secondary N) is 1. The Morgan fingerprint density at radius 2 is 1.81 bits per heavy atom. The number of amides is 1. The van der Waals surface area contributed by atoms with Crippen LogP contribution in [0.15, 0.2) is 72.8 Å². The van der Waals surface area contributed by atoms with Crippen molar-refractivity contribution in [2.45, 2.75) is 19.1 Å². The van der Waals surface area contributed by atoms with Gasteiger partial charge in [-0.2, -0.15) is 0 Å². The first-order valence-electron chi connectivity index (χ1n) is 8.71. The quantitative estimate of drug-likeness (QED) is 0.470. The highest BCUT2D eigenvalue weighted by atomic mass is 16.5. The summed E-state index contributed by atoms with van der Waals surface area (Å²) in [6.07, 6.45) is 1.61. The van der Waals surface area contributed by atoms with E-state index in [0.29, 0.717) is 16.9 Å². The molecule has 0 saturated heterocycles. The molecule has 5 nitrogen and oxygen atoms in total. The number of carbonyl (C=O) groups excluding carboxylic acids is 1. The molecule has 0 unspecified atom stereocenters. The SMILES string of the molecule is C=C(C)[C@H](O)COc1ccc([C@@H](O)CNC(=O)C=Cc2ccccc2)cc1. The molecule has 142 valence electrons. The molecule has 0 spiro atoms. The van der Waals surface area contributed by atoms with Crippen LogP contribution < -0.4 is 10.1 Å². The molecular weight excluding hydrogens is 342 g/mol. The molecule has 0 radical (unpaired) electrons.